The lowest BCUT2D eigenvalue weighted by Crippen LogP contribution is -2.42. The summed E-state index contributed by atoms with van der Waals surface area (Å²) in [7, 11) is -3.43. The van der Waals surface area contributed by atoms with Crippen LogP contribution in [0.2, 0.25) is 0 Å². The van der Waals surface area contributed by atoms with E-state index in [0.29, 0.717) is 30.3 Å². The maximum absolute atomic E-state index is 12.8. The highest BCUT2D eigenvalue weighted by molar-refractivity contribution is 7.92. The zero-order valence-electron chi connectivity index (χ0n) is 13.9. The highest BCUT2D eigenvalue weighted by atomic mass is 32.2. The van der Waals surface area contributed by atoms with Crippen molar-refractivity contribution >= 4 is 21.6 Å². The molecule has 0 bridgehead atoms. The number of nitrogens with one attached hydrogen (secondary N) is 1. The monoisotopic (exact) mass is 339 g/mol. The van der Waals surface area contributed by atoms with Crippen molar-refractivity contribution < 1.29 is 13.2 Å². The summed E-state index contributed by atoms with van der Waals surface area (Å²) >= 11 is 0. The second-order valence-electron chi connectivity index (χ2n) is 6.41. The normalized spacial score (nSPS) is 17.8. The highest BCUT2D eigenvalue weighted by Gasteiger charge is 2.27. The van der Waals surface area contributed by atoms with Gasteiger partial charge >= 0.3 is 0 Å². The maximum atomic E-state index is 12.8. The molecule has 1 aliphatic heterocycles. The standard InChI is InChI=1S/C16H25N3O3S/c1-11-4-5-15(18-23(3,21)22)14(10-11)16(20)19-8-6-13(7-9-19)12(2)17/h4-5,10,12-13,18H,6-9,17H2,1-3H3. The van der Waals surface area contributed by atoms with Crippen molar-refractivity contribution in [3.63, 3.8) is 0 Å². The van der Waals surface area contributed by atoms with E-state index < -0.39 is 10.0 Å². The lowest BCUT2D eigenvalue weighted by molar-refractivity contribution is 0.0682. The Labute approximate surface area is 138 Å². The van der Waals surface area contributed by atoms with Gasteiger partial charge in [-0.15, -0.1) is 0 Å². The number of hydrogen-bond donors (Lipinski definition) is 2. The Bertz CT molecular complexity index is 678. The quantitative estimate of drug-likeness (QED) is 0.871. The Kier molecular flexibility index (Phi) is 5.31. The topological polar surface area (TPSA) is 92.5 Å². The molecular weight excluding hydrogens is 314 g/mol. The van der Waals surface area contributed by atoms with Crippen LogP contribution in [0.4, 0.5) is 5.69 Å². The smallest absolute Gasteiger partial charge is 0.255 e. The van der Waals surface area contributed by atoms with Gasteiger partial charge in [-0.2, -0.15) is 0 Å². The molecule has 0 spiro atoms. The van der Waals surface area contributed by atoms with Gasteiger partial charge in [0.2, 0.25) is 10.0 Å². The number of sulfonamides is 1. The molecule has 6 nitrogen and oxygen atoms in total. The molecule has 1 heterocycles. The van der Waals surface area contributed by atoms with E-state index in [9.17, 15) is 13.2 Å². The maximum Gasteiger partial charge on any atom is 0.255 e. The van der Waals surface area contributed by atoms with Crippen molar-refractivity contribution in [2.75, 3.05) is 24.1 Å². The Hall–Kier alpha value is -1.60. The Morgan fingerprint density at radius 3 is 2.48 bits per heavy atom. The molecule has 23 heavy (non-hydrogen) atoms. The minimum Gasteiger partial charge on any atom is -0.339 e. The van der Waals surface area contributed by atoms with Crippen molar-refractivity contribution in [2.45, 2.75) is 32.7 Å². The van der Waals surface area contributed by atoms with Gasteiger partial charge in [0.1, 0.15) is 0 Å². The molecule has 1 aromatic rings. The van der Waals surface area contributed by atoms with Crippen LogP contribution in [0.25, 0.3) is 0 Å². The van der Waals surface area contributed by atoms with Crippen molar-refractivity contribution in [1.82, 2.24) is 4.90 Å². The van der Waals surface area contributed by atoms with E-state index >= 15 is 0 Å². The summed E-state index contributed by atoms with van der Waals surface area (Å²) in [5.74, 6) is 0.299. The number of rotatable bonds is 4. The molecule has 7 heteroatoms. The first kappa shape index (κ1) is 17.7. The van der Waals surface area contributed by atoms with Gasteiger partial charge in [-0.1, -0.05) is 11.6 Å². The van der Waals surface area contributed by atoms with E-state index in [-0.39, 0.29) is 11.9 Å². The van der Waals surface area contributed by atoms with E-state index in [1.807, 2.05) is 13.8 Å². The van der Waals surface area contributed by atoms with Gasteiger partial charge in [0.05, 0.1) is 17.5 Å². The second kappa shape index (κ2) is 6.88. The van der Waals surface area contributed by atoms with Gasteiger partial charge < -0.3 is 10.6 Å². The molecular formula is C16H25N3O3S. The first-order chi connectivity index (χ1) is 10.7. The third-order valence-electron chi connectivity index (χ3n) is 4.27. The average molecular weight is 339 g/mol. The average Bonchev–Trinajstić information content (AvgIpc) is 2.47. The Balaban J connectivity index is 2.21. The summed E-state index contributed by atoms with van der Waals surface area (Å²) in [6.07, 6.45) is 2.84. The number of benzene rings is 1. The number of carbonyl (C=O) groups is 1. The molecule has 0 saturated carbocycles. The molecule has 0 aliphatic carbocycles. The number of nitrogens with zero attached hydrogens (tertiary/aromatic N) is 1. The lowest BCUT2D eigenvalue weighted by Gasteiger charge is -2.34. The largest absolute Gasteiger partial charge is 0.339 e. The van der Waals surface area contributed by atoms with Crippen LogP contribution in [0.1, 0.15) is 35.7 Å². The Morgan fingerprint density at radius 1 is 1.35 bits per heavy atom. The van der Waals surface area contributed by atoms with E-state index in [2.05, 4.69) is 4.72 Å². The minimum absolute atomic E-state index is 0.133. The number of aryl methyl sites for hydroxylation is 1. The molecule has 1 saturated heterocycles. The predicted molar refractivity (Wildman–Crippen MR) is 91.9 cm³/mol. The van der Waals surface area contributed by atoms with Gasteiger partial charge in [0.25, 0.3) is 5.91 Å². The highest BCUT2D eigenvalue weighted by Crippen LogP contribution is 2.25. The molecule has 2 rings (SSSR count). The fourth-order valence-electron chi connectivity index (χ4n) is 2.92. The zero-order chi connectivity index (χ0) is 17.2. The second-order valence-corrected chi connectivity index (χ2v) is 8.16. The molecule has 0 aromatic heterocycles. The van der Waals surface area contributed by atoms with Crippen LogP contribution in [0.3, 0.4) is 0 Å². The molecule has 1 aromatic carbocycles. The van der Waals surface area contributed by atoms with Crippen LogP contribution in [0, 0.1) is 12.8 Å². The molecule has 1 aliphatic rings. The summed E-state index contributed by atoms with van der Waals surface area (Å²) in [5, 5.41) is 0. The fraction of sp³-hybridized carbons (Fsp3) is 0.562. The third-order valence-corrected chi connectivity index (χ3v) is 4.86. The molecule has 1 unspecified atom stereocenters. The number of nitrogens with two attached hydrogens (primary N) is 1. The number of anilines is 1. The molecule has 1 amide bonds. The lowest BCUT2D eigenvalue weighted by atomic mass is 9.90. The zero-order valence-corrected chi connectivity index (χ0v) is 14.7. The Morgan fingerprint density at radius 2 is 1.96 bits per heavy atom. The van der Waals surface area contributed by atoms with Crippen LogP contribution in [-0.2, 0) is 10.0 Å². The summed E-state index contributed by atoms with van der Waals surface area (Å²) in [6.45, 7) is 5.18. The number of amides is 1. The minimum atomic E-state index is -3.43. The molecule has 128 valence electrons. The molecule has 1 atom stereocenters. The van der Waals surface area contributed by atoms with E-state index in [0.717, 1.165) is 24.7 Å². The molecule has 0 radical (unpaired) electrons. The number of piperidine rings is 1. The number of likely N-dealkylation sites (tertiary alicyclic amines) is 1. The van der Waals surface area contributed by atoms with Crippen LogP contribution in [0.15, 0.2) is 18.2 Å². The summed E-state index contributed by atoms with van der Waals surface area (Å²) < 4.78 is 25.4. The summed E-state index contributed by atoms with van der Waals surface area (Å²) in [5.41, 5.74) is 7.58. The van der Waals surface area contributed by atoms with Crippen LogP contribution in [0.5, 0.6) is 0 Å². The van der Waals surface area contributed by atoms with Crippen molar-refractivity contribution in [2.24, 2.45) is 11.7 Å². The SMILES string of the molecule is Cc1ccc(NS(C)(=O)=O)c(C(=O)N2CCC(C(C)N)CC2)c1. The number of hydrogen-bond acceptors (Lipinski definition) is 4. The van der Waals surface area contributed by atoms with Gasteiger partial charge in [-0.3, -0.25) is 9.52 Å². The van der Waals surface area contributed by atoms with Gasteiger partial charge in [-0.25, -0.2) is 8.42 Å². The number of carbonyl (C=O) groups excluding carboxylic acids is 1. The molecule has 3 N–H and O–H groups in total. The molecule has 1 fully saturated rings. The summed E-state index contributed by atoms with van der Waals surface area (Å²) in [4.78, 5) is 14.6. The predicted octanol–water partition coefficient (Wildman–Crippen LogP) is 1.57. The van der Waals surface area contributed by atoms with Crippen molar-refractivity contribution in [3.05, 3.63) is 29.3 Å². The van der Waals surface area contributed by atoms with Gasteiger partial charge in [0, 0.05) is 19.1 Å². The van der Waals surface area contributed by atoms with E-state index in [4.69, 9.17) is 5.73 Å². The fourth-order valence-corrected chi connectivity index (χ4v) is 3.50. The van der Waals surface area contributed by atoms with Gasteiger partial charge in [0.15, 0.2) is 0 Å². The van der Waals surface area contributed by atoms with Gasteiger partial charge in [-0.05, 0) is 44.7 Å². The third kappa shape index (κ3) is 4.68. The van der Waals surface area contributed by atoms with Crippen LogP contribution < -0.4 is 10.5 Å². The van der Waals surface area contributed by atoms with Crippen LogP contribution in [-0.4, -0.2) is 44.6 Å². The van der Waals surface area contributed by atoms with Crippen molar-refractivity contribution in [3.8, 4) is 0 Å². The summed E-state index contributed by atoms with van der Waals surface area (Å²) in [6, 6.07) is 5.28. The van der Waals surface area contributed by atoms with Crippen molar-refractivity contribution in [1.29, 1.82) is 0 Å². The van der Waals surface area contributed by atoms with E-state index in [1.54, 1.807) is 23.1 Å². The van der Waals surface area contributed by atoms with E-state index in [1.165, 1.54) is 0 Å². The van der Waals surface area contributed by atoms with Crippen LogP contribution >= 0.6 is 0 Å². The first-order valence-electron chi connectivity index (χ1n) is 7.80. The first-order valence-corrected chi connectivity index (χ1v) is 9.70.